The first-order chi connectivity index (χ1) is 12.6. The van der Waals surface area contributed by atoms with Gasteiger partial charge in [0.1, 0.15) is 0 Å². The van der Waals surface area contributed by atoms with E-state index in [4.69, 9.17) is 11.6 Å². The molecule has 1 saturated heterocycles. The van der Waals surface area contributed by atoms with E-state index in [9.17, 15) is 4.79 Å². The first-order valence-corrected chi connectivity index (χ1v) is 9.82. The Kier molecular flexibility index (Phi) is 5.01. The van der Waals surface area contributed by atoms with E-state index in [1.54, 1.807) is 0 Å². The molecule has 136 valence electrons. The molecule has 2 aliphatic rings. The number of carbonyl (C=O) groups is 1. The fraction of sp³-hybridized carbons (Fsp3) is 0.409. The van der Waals surface area contributed by atoms with Crippen LogP contribution in [0.3, 0.4) is 0 Å². The molecule has 0 radical (unpaired) electrons. The van der Waals surface area contributed by atoms with Crippen molar-refractivity contribution in [1.29, 1.82) is 0 Å². The van der Waals surface area contributed by atoms with Crippen LogP contribution in [0, 0.1) is 5.92 Å². The Morgan fingerprint density at radius 2 is 1.81 bits per heavy atom. The van der Waals surface area contributed by atoms with Crippen molar-refractivity contribution < 1.29 is 4.79 Å². The van der Waals surface area contributed by atoms with E-state index in [1.165, 1.54) is 11.1 Å². The molecule has 4 rings (SSSR count). The van der Waals surface area contributed by atoms with E-state index in [0.29, 0.717) is 11.8 Å². The first kappa shape index (κ1) is 17.6. The molecule has 1 amide bonds. The fourth-order valence-corrected chi connectivity index (χ4v) is 4.23. The van der Waals surface area contributed by atoms with Crippen molar-refractivity contribution >= 4 is 17.5 Å². The number of halogens is 1. The van der Waals surface area contributed by atoms with Crippen LogP contribution in [0.15, 0.2) is 54.6 Å². The summed E-state index contributed by atoms with van der Waals surface area (Å²) in [5.41, 5.74) is 2.58. The average molecular weight is 369 g/mol. The van der Waals surface area contributed by atoms with Crippen molar-refractivity contribution in [1.82, 2.24) is 9.80 Å². The van der Waals surface area contributed by atoms with Crippen LogP contribution in [0.4, 0.5) is 0 Å². The molecule has 0 N–H and O–H groups in total. The monoisotopic (exact) mass is 368 g/mol. The maximum Gasteiger partial charge on any atom is 0.226 e. The van der Waals surface area contributed by atoms with Gasteiger partial charge < -0.3 is 4.90 Å². The Balaban J connectivity index is 1.33. The zero-order chi connectivity index (χ0) is 18.1. The molecule has 2 fully saturated rings. The van der Waals surface area contributed by atoms with Crippen LogP contribution in [0.5, 0.6) is 0 Å². The summed E-state index contributed by atoms with van der Waals surface area (Å²) in [5, 5.41) is 0.750. The summed E-state index contributed by atoms with van der Waals surface area (Å²) >= 11 is 5.97. The average Bonchev–Trinajstić information content (AvgIpc) is 3.44. The molecule has 3 atom stereocenters. The maximum atomic E-state index is 13.0. The molecule has 26 heavy (non-hydrogen) atoms. The lowest BCUT2D eigenvalue weighted by Crippen LogP contribution is -2.54. The van der Waals surface area contributed by atoms with E-state index in [2.05, 4.69) is 59.2 Å². The molecule has 3 unspecified atom stereocenters. The molecule has 2 aromatic rings. The SMILES string of the molecule is CC1CN(Cc2ccccc2)CCN1C(=O)C1CC1c1ccc(Cl)cc1. The van der Waals surface area contributed by atoms with Crippen LogP contribution in [0.25, 0.3) is 0 Å². The quantitative estimate of drug-likeness (QED) is 0.808. The number of benzene rings is 2. The van der Waals surface area contributed by atoms with Crippen molar-refractivity contribution in [3.8, 4) is 0 Å². The van der Waals surface area contributed by atoms with Crippen molar-refractivity contribution in [2.24, 2.45) is 5.92 Å². The Labute approximate surface area is 160 Å². The van der Waals surface area contributed by atoms with E-state index >= 15 is 0 Å². The Morgan fingerprint density at radius 3 is 2.50 bits per heavy atom. The number of hydrogen-bond acceptors (Lipinski definition) is 2. The zero-order valence-corrected chi connectivity index (χ0v) is 15.9. The summed E-state index contributed by atoms with van der Waals surface area (Å²) in [6.45, 7) is 5.86. The number of carbonyl (C=O) groups excluding carboxylic acids is 1. The van der Waals surface area contributed by atoms with Crippen LogP contribution in [0.1, 0.15) is 30.4 Å². The van der Waals surface area contributed by atoms with Crippen LogP contribution in [-0.2, 0) is 11.3 Å². The van der Waals surface area contributed by atoms with Crippen LogP contribution >= 0.6 is 11.6 Å². The van der Waals surface area contributed by atoms with Gasteiger partial charge in [-0.15, -0.1) is 0 Å². The molecular formula is C22H25ClN2O. The second-order valence-electron chi connectivity index (χ2n) is 7.60. The van der Waals surface area contributed by atoms with Crippen LogP contribution < -0.4 is 0 Å². The minimum Gasteiger partial charge on any atom is -0.337 e. The molecule has 1 saturated carbocycles. The largest absolute Gasteiger partial charge is 0.337 e. The molecule has 0 aromatic heterocycles. The second kappa shape index (κ2) is 7.42. The summed E-state index contributed by atoms with van der Waals surface area (Å²) in [6, 6.07) is 18.8. The van der Waals surface area contributed by atoms with Gasteiger partial charge in [0.2, 0.25) is 5.91 Å². The highest BCUT2D eigenvalue weighted by Crippen LogP contribution is 2.49. The topological polar surface area (TPSA) is 23.6 Å². The number of nitrogens with zero attached hydrogens (tertiary/aromatic N) is 2. The summed E-state index contributed by atoms with van der Waals surface area (Å²) in [6.07, 6.45) is 0.970. The summed E-state index contributed by atoms with van der Waals surface area (Å²) in [4.78, 5) is 17.5. The van der Waals surface area contributed by atoms with Gasteiger partial charge in [-0.1, -0.05) is 54.1 Å². The van der Waals surface area contributed by atoms with Gasteiger partial charge in [0.15, 0.2) is 0 Å². The number of hydrogen-bond donors (Lipinski definition) is 0. The van der Waals surface area contributed by atoms with E-state index < -0.39 is 0 Å². The Hall–Kier alpha value is -1.84. The van der Waals surface area contributed by atoms with Gasteiger partial charge in [-0.2, -0.15) is 0 Å². The van der Waals surface area contributed by atoms with Gasteiger partial charge in [0, 0.05) is 43.2 Å². The lowest BCUT2D eigenvalue weighted by atomic mass is 10.1. The van der Waals surface area contributed by atoms with Crippen molar-refractivity contribution in [2.45, 2.75) is 31.8 Å². The molecule has 1 aliphatic carbocycles. The maximum absolute atomic E-state index is 13.0. The van der Waals surface area contributed by atoms with Crippen molar-refractivity contribution in [3.05, 3.63) is 70.7 Å². The van der Waals surface area contributed by atoms with Gasteiger partial charge >= 0.3 is 0 Å². The lowest BCUT2D eigenvalue weighted by molar-refractivity contribution is -0.137. The Bertz CT molecular complexity index is 761. The minimum absolute atomic E-state index is 0.152. The van der Waals surface area contributed by atoms with Gasteiger partial charge in [0.05, 0.1) is 0 Å². The summed E-state index contributed by atoms with van der Waals surface area (Å²) < 4.78 is 0. The molecule has 0 bridgehead atoms. The molecule has 4 heteroatoms. The minimum atomic E-state index is 0.152. The predicted octanol–water partition coefficient (Wildman–Crippen LogP) is 4.18. The van der Waals surface area contributed by atoms with E-state index in [-0.39, 0.29) is 12.0 Å². The Morgan fingerprint density at radius 1 is 1.08 bits per heavy atom. The van der Waals surface area contributed by atoms with Gasteiger partial charge in [-0.05, 0) is 42.5 Å². The molecular weight excluding hydrogens is 344 g/mol. The van der Waals surface area contributed by atoms with Gasteiger partial charge in [-0.25, -0.2) is 0 Å². The van der Waals surface area contributed by atoms with Crippen molar-refractivity contribution in [2.75, 3.05) is 19.6 Å². The van der Waals surface area contributed by atoms with Crippen molar-refractivity contribution in [3.63, 3.8) is 0 Å². The fourth-order valence-electron chi connectivity index (χ4n) is 4.10. The van der Waals surface area contributed by atoms with Crippen LogP contribution in [-0.4, -0.2) is 41.4 Å². The third kappa shape index (κ3) is 3.79. The highest BCUT2D eigenvalue weighted by atomic mass is 35.5. The number of rotatable bonds is 4. The smallest absolute Gasteiger partial charge is 0.226 e. The number of amides is 1. The summed E-state index contributed by atoms with van der Waals surface area (Å²) in [5.74, 6) is 0.852. The normalized spacial score (nSPS) is 25.9. The standard InChI is InChI=1S/C22H25ClN2O/c1-16-14-24(15-17-5-3-2-4-6-17)11-12-25(16)22(26)21-13-20(21)18-7-9-19(23)10-8-18/h2-10,16,20-21H,11-15H2,1H3. The lowest BCUT2D eigenvalue weighted by Gasteiger charge is -2.40. The third-order valence-electron chi connectivity index (χ3n) is 5.65. The molecule has 2 aromatic carbocycles. The van der Waals surface area contributed by atoms with Gasteiger partial charge in [0.25, 0.3) is 0 Å². The predicted molar refractivity (Wildman–Crippen MR) is 105 cm³/mol. The second-order valence-corrected chi connectivity index (χ2v) is 8.04. The van der Waals surface area contributed by atoms with Crippen LogP contribution in [0.2, 0.25) is 5.02 Å². The zero-order valence-electron chi connectivity index (χ0n) is 15.1. The molecule has 1 aliphatic heterocycles. The first-order valence-electron chi connectivity index (χ1n) is 9.44. The third-order valence-corrected chi connectivity index (χ3v) is 5.90. The van der Waals surface area contributed by atoms with Gasteiger partial charge in [-0.3, -0.25) is 9.69 Å². The summed E-state index contributed by atoms with van der Waals surface area (Å²) in [7, 11) is 0. The highest BCUT2D eigenvalue weighted by Gasteiger charge is 2.47. The van der Waals surface area contributed by atoms with E-state index in [1.807, 2.05) is 12.1 Å². The highest BCUT2D eigenvalue weighted by molar-refractivity contribution is 6.30. The molecule has 0 spiro atoms. The molecule has 1 heterocycles. The molecule has 3 nitrogen and oxygen atoms in total. The number of piperazine rings is 1. The van der Waals surface area contributed by atoms with E-state index in [0.717, 1.165) is 37.6 Å².